The standard InChI is InChI=1S/C17H21N/c1-12-9-16(3,13(2)18)11-17(10-15(12)17)14-7-5-4-6-8-14/h4-8H,2,9-11,18H2,1,3H3. The maximum atomic E-state index is 6.06. The van der Waals surface area contributed by atoms with Crippen molar-refractivity contribution in [1.29, 1.82) is 0 Å². The van der Waals surface area contributed by atoms with Crippen LogP contribution in [-0.4, -0.2) is 0 Å². The highest BCUT2D eigenvalue weighted by molar-refractivity contribution is 5.55. The molecule has 0 amide bonds. The van der Waals surface area contributed by atoms with Gasteiger partial charge in [-0.3, -0.25) is 0 Å². The second-order valence-corrected chi connectivity index (χ2v) is 6.32. The van der Waals surface area contributed by atoms with E-state index in [2.05, 4.69) is 50.8 Å². The van der Waals surface area contributed by atoms with Crippen LogP contribution in [0.5, 0.6) is 0 Å². The van der Waals surface area contributed by atoms with Gasteiger partial charge in [0.1, 0.15) is 0 Å². The van der Waals surface area contributed by atoms with E-state index in [9.17, 15) is 0 Å². The highest BCUT2D eigenvalue weighted by Gasteiger charge is 2.57. The SMILES string of the molecule is C=C(N)C1(C)CC(C)=C2CC2(c2ccccc2)C1. The minimum atomic E-state index is 0.0555. The summed E-state index contributed by atoms with van der Waals surface area (Å²) in [5.41, 5.74) is 11.8. The van der Waals surface area contributed by atoms with E-state index in [0.717, 1.165) is 18.5 Å². The lowest BCUT2D eigenvalue weighted by Crippen LogP contribution is -2.32. The minimum Gasteiger partial charge on any atom is -0.402 e. The van der Waals surface area contributed by atoms with E-state index in [-0.39, 0.29) is 10.8 Å². The van der Waals surface area contributed by atoms with Crippen LogP contribution in [0.1, 0.15) is 38.7 Å². The average Bonchev–Trinajstić information content (AvgIpc) is 3.06. The van der Waals surface area contributed by atoms with Gasteiger partial charge in [0, 0.05) is 16.5 Å². The Kier molecular flexibility index (Phi) is 2.25. The Hall–Kier alpha value is -1.50. The Morgan fingerprint density at radius 1 is 1.22 bits per heavy atom. The zero-order chi connectivity index (χ0) is 13.0. The molecule has 1 aromatic rings. The molecule has 2 atom stereocenters. The van der Waals surface area contributed by atoms with Crippen molar-refractivity contribution < 1.29 is 0 Å². The second-order valence-electron chi connectivity index (χ2n) is 6.32. The number of allylic oxidation sites excluding steroid dienone is 3. The molecule has 1 nitrogen and oxygen atoms in total. The van der Waals surface area contributed by atoms with Gasteiger partial charge in [0.15, 0.2) is 0 Å². The number of fused-ring (bicyclic) bond motifs is 1. The van der Waals surface area contributed by atoms with E-state index in [1.807, 2.05) is 0 Å². The molecule has 2 aliphatic rings. The van der Waals surface area contributed by atoms with Gasteiger partial charge in [-0.2, -0.15) is 0 Å². The molecule has 0 saturated heterocycles. The molecule has 2 aliphatic carbocycles. The highest BCUT2D eigenvalue weighted by Crippen LogP contribution is 2.66. The van der Waals surface area contributed by atoms with Crippen LogP contribution in [0.4, 0.5) is 0 Å². The Morgan fingerprint density at radius 3 is 2.50 bits per heavy atom. The molecule has 0 spiro atoms. The van der Waals surface area contributed by atoms with Crippen molar-refractivity contribution in [2.75, 3.05) is 0 Å². The fourth-order valence-corrected chi connectivity index (χ4v) is 3.77. The molecule has 1 heteroatoms. The smallest absolute Gasteiger partial charge is 0.0211 e. The predicted molar refractivity (Wildman–Crippen MR) is 76.1 cm³/mol. The van der Waals surface area contributed by atoms with E-state index in [0.29, 0.717) is 0 Å². The molecule has 18 heavy (non-hydrogen) atoms. The first-order valence-electron chi connectivity index (χ1n) is 6.67. The molecule has 2 N–H and O–H groups in total. The third-order valence-corrected chi connectivity index (χ3v) is 4.90. The highest BCUT2D eigenvalue weighted by atomic mass is 14.7. The molecular weight excluding hydrogens is 218 g/mol. The van der Waals surface area contributed by atoms with Crippen LogP contribution in [0, 0.1) is 5.41 Å². The summed E-state index contributed by atoms with van der Waals surface area (Å²) in [7, 11) is 0. The second kappa shape index (κ2) is 3.50. The molecule has 0 bridgehead atoms. The number of rotatable bonds is 2. The largest absolute Gasteiger partial charge is 0.402 e. The molecule has 0 heterocycles. The number of benzene rings is 1. The van der Waals surface area contributed by atoms with Gasteiger partial charge in [-0.1, -0.05) is 55.0 Å². The Morgan fingerprint density at radius 2 is 1.89 bits per heavy atom. The van der Waals surface area contributed by atoms with Crippen LogP contribution in [0.25, 0.3) is 0 Å². The molecule has 1 saturated carbocycles. The lowest BCUT2D eigenvalue weighted by Gasteiger charge is -2.37. The van der Waals surface area contributed by atoms with Crippen LogP contribution < -0.4 is 5.73 Å². The van der Waals surface area contributed by atoms with E-state index < -0.39 is 0 Å². The minimum absolute atomic E-state index is 0.0555. The van der Waals surface area contributed by atoms with Gasteiger partial charge in [-0.05, 0) is 31.7 Å². The van der Waals surface area contributed by atoms with Crippen LogP contribution >= 0.6 is 0 Å². The monoisotopic (exact) mass is 239 g/mol. The maximum Gasteiger partial charge on any atom is 0.0211 e. The first-order valence-corrected chi connectivity index (χ1v) is 6.67. The molecule has 0 radical (unpaired) electrons. The fourth-order valence-electron chi connectivity index (χ4n) is 3.77. The van der Waals surface area contributed by atoms with E-state index in [4.69, 9.17) is 5.73 Å². The zero-order valence-corrected chi connectivity index (χ0v) is 11.3. The third kappa shape index (κ3) is 1.46. The number of nitrogens with two attached hydrogens (primary N) is 1. The van der Waals surface area contributed by atoms with Crippen LogP contribution in [0.15, 0.2) is 53.8 Å². The zero-order valence-electron chi connectivity index (χ0n) is 11.3. The van der Waals surface area contributed by atoms with Gasteiger partial charge < -0.3 is 5.73 Å². The molecule has 0 aromatic heterocycles. The maximum absolute atomic E-state index is 6.06. The van der Waals surface area contributed by atoms with Crippen LogP contribution in [-0.2, 0) is 5.41 Å². The summed E-state index contributed by atoms with van der Waals surface area (Å²) in [6, 6.07) is 10.9. The topological polar surface area (TPSA) is 26.0 Å². The first kappa shape index (κ1) is 11.6. The van der Waals surface area contributed by atoms with Gasteiger partial charge in [-0.25, -0.2) is 0 Å². The van der Waals surface area contributed by atoms with Crippen molar-refractivity contribution >= 4 is 0 Å². The summed E-state index contributed by atoms with van der Waals surface area (Å²) in [5, 5.41) is 0. The molecule has 94 valence electrons. The number of hydrogen-bond acceptors (Lipinski definition) is 1. The molecule has 3 rings (SSSR count). The van der Waals surface area contributed by atoms with E-state index in [1.165, 1.54) is 17.6 Å². The molecule has 0 aliphatic heterocycles. The van der Waals surface area contributed by atoms with E-state index >= 15 is 0 Å². The Bertz CT molecular complexity index is 540. The number of hydrogen-bond donors (Lipinski definition) is 1. The van der Waals surface area contributed by atoms with Crippen LogP contribution in [0.3, 0.4) is 0 Å². The van der Waals surface area contributed by atoms with Crippen molar-refractivity contribution in [3.05, 3.63) is 59.3 Å². The quantitative estimate of drug-likeness (QED) is 0.778. The van der Waals surface area contributed by atoms with Crippen molar-refractivity contribution in [3.8, 4) is 0 Å². The average molecular weight is 239 g/mol. The summed E-state index contributed by atoms with van der Waals surface area (Å²) >= 11 is 0. The predicted octanol–water partition coefficient (Wildman–Crippen LogP) is 3.92. The summed E-state index contributed by atoms with van der Waals surface area (Å²) in [6.07, 6.45) is 3.41. The normalized spacial score (nSPS) is 34.1. The lowest BCUT2D eigenvalue weighted by molar-refractivity contribution is 0.308. The summed E-state index contributed by atoms with van der Waals surface area (Å²) in [4.78, 5) is 0. The Labute approximate surface area is 109 Å². The van der Waals surface area contributed by atoms with Crippen molar-refractivity contribution in [2.24, 2.45) is 11.1 Å². The fraction of sp³-hybridized carbons (Fsp3) is 0.412. The van der Waals surface area contributed by atoms with Gasteiger partial charge in [-0.15, -0.1) is 0 Å². The van der Waals surface area contributed by atoms with Crippen molar-refractivity contribution in [2.45, 2.75) is 38.5 Å². The lowest BCUT2D eigenvalue weighted by atomic mass is 9.67. The summed E-state index contributed by atoms with van der Waals surface area (Å²) < 4.78 is 0. The van der Waals surface area contributed by atoms with Crippen molar-refractivity contribution in [1.82, 2.24) is 0 Å². The van der Waals surface area contributed by atoms with Crippen LogP contribution in [0.2, 0.25) is 0 Å². The third-order valence-electron chi connectivity index (χ3n) is 4.90. The first-order chi connectivity index (χ1) is 8.48. The van der Waals surface area contributed by atoms with Gasteiger partial charge in [0.25, 0.3) is 0 Å². The van der Waals surface area contributed by atoms with Gasteiger partial charge >= 0.3 is 0 Å². The summed E-state index contributed by atoms with van der Waals surface area (Å²) in [6.45, 7) is 8.54. The Balaban J connectivity index is 2.06. The van der Waals surface area contributed by atoms with Gasteiger partial charge in [0.05, 0.1) is 0 Å². The van der Waals surface area contributed by atoms with Crippen molar-refractivity contribution in [3.63, 3.8) is 0 Å². The molecule has 1 aromatic carbocycles. The summed E-state index contributed by atoms with van der Waals surface area (Å²) in [5.74, 6) is 0. The molecule has 1 fully saturated rings. The van der Waals surface area contributed by atoms with E-state index in [1.54, 1.807) is 5.57 Å². The van der Waals surface area contributed by atoms with Gasteiger partial charge in [0.2, 0.25) is 0 Å². The molecule has 2 unspecified atom stereocenters. The molecular formula is C17H21N.